The van der Waals surface area contributed by atoms with Crippen LogP contribution in [0.15, 0.2) is 79.1 Å². The SMILES string of the molecule is CCNC(=O)[C@@]1(Cc2ccc(-c3ccncc3)cc2)CCCN(C(=O)c2ccccc2)C1. The summed E-state index contributed by atoms with van der Waals surface area (Å²) in [6, 6.07) is 21.7. The summed E-state index contributed by atoms with van der Waals surface area (Å²) >= 11 is 0. The van der Waals surface area contributed by atoms with Crippen LogP contribution in [-0.2, 0) is 11.2 Å². The Bertz CT molecular complexity index is 1050. The summed E-state index contributed by atoms with van der Waals surface area (Å²) in [5.41, 5.74) is 3.37. The molecule has 1 N–H and O–H groups in total. The summed E-state index contributed by atoms with van der Waals surface area (Å²) in [6.07, 6.45) is 5.75. The van der Waals surface area contributed by atoms with Gasteiger partial charge in [0.1, 0.15) is 0 Å². The van der Waals surface area contributed by atoms with Gasteiger partial charge in [0.2, 0.25) is 5.91 Å². The van der Waals surface area contributed by atoms with Crippen LogP contribution >= 0.6 is 0 Å². The lowest BCUT2D eigenvalue weighted by Crippen LogP contribution is -2.54. The third-order valence-corrected chi connectivity index (χ3v) is 6.21. The summed E-state index contributed by atoms with van der Waals surface area (Å²) in [7, 11) is 0. The summed E-state index contributed by atoms with van der Waals surface area (Å²) in [4.78, 5) is 32.3. The third-order valence-electron chi connectivity index (χ3n) is 6.21. The topological polar surface area (TPSA) is 62.3 Å². The fraction of sp³-hybridized carbons (Fsp3) is 0.296. The molecule has 0 bridgehead atoms. The molecule has 2 heterocycles. The highest BCUT2D eigenvalue weighted by molar-refractivity contribution is 5.95. The zero-order chi connectivity index (χ0) is 22.4. The van der Waals surface area contributed by atoms with Crippen molar-refractivity contribution in [1.82, 2.24) is 15.2 Å². The minimum atomic E-state index is -0.628. The molecule has 5 nitrogen and oxygen atoms in total. The van der Waals surface area contributed by atoms with Crippen LogP contribution in [-0.4, -0.2) is 41.3 Å². The molecule has 32 heavy (non-hydrogen) atoms. The van der Waals surface area contributed by atoms with Crippen LogP contribution in [0.1, 0.15) is 35.7 Å². The number of hydrogen-bond acceptors (Lipinski definition) is 3. The summed E-state index contributed by atoms with van der Waals surface area (Å²) in [5.74, 6) is 0.0239. The molecular weight excluding hydrogens is 398 g/mol. The molecule has 164 valence electrons. The van der Waals surface area contributed by atoms with Gasteiger partial charge in [-0.2, -0.15) is 0 Å². The molecule has 2 amide bonds. The average Bonchev–Trinajstić information content (AvgIpc) is 2.85. The quantitative estimate of drug-likeness (QED) is 0.636. The maximum absolute atomic E-state index is 13.3. The average molecular weight is 428 g/mol. The lowest BCUT2D eigenvalue weighted by molar-refractivity contribution is -0.133. The third kappa shape index (κ3) is 4.72. The van der Waals surface area contributed by atoms with E-state index < -0.39 is 5.41 Å². The van der Waals surface area contributed by atoms with E-state index in [1.165, 1.54) is 0 Å². The standard InChI is InChI=1S/C27H29N3O2/c1-2-29-26(32)27(15-6-18-30(20-27)25(31)24-7-4-3-5-8-24)19-21-9-11-22(12-10-21)23-13-16-28-17-14-23/h3-5,7-14,16-17H,2,6,15,18-20H2,1H3,(H,29,32)/t27-/m1/s1. The van der Waals surface area contributed by atoms with Gasteiger partial charge in [0, 0.05) is 37.6 Å². The van der Waals surface area contributed by atoms with E-state index in [9.17, 15) is 9.59 Å². The van der Waals surface area contributed by atoms with Crippen LogP contribution in [0, 0.1) is 5.41 Å². The minimum absolute atomic E-state index is 0.00740. The molecular formula is C27H29N3O2. The lowest BCUT2D eigenvalue weighted by atomic mass is 9.74. The van der Waals surface area contributed by atoms with Crippen LogP contribution in [0.4, 0.5) is 0 Å². The van der Waals surface area contributed by atoms with Crippen molar-refractivity contribution >= 4 is 11.8 Å². The van der Waals surface area contributed by atoms with Crippen LogP contribution in [0.3, 0.4) is 0 Å². The first kappa shape index (κ1) is 21.8. The number of benzene rings is 2. The number of piperidine rings is 1. The molecule has 1 atom stereocenters. The van der Waals surface area contributed by atoms with Gasteiger partial charge in [-0.05, 0) is 67.1 Å². The monoisotopic (exact) mass is 427 g/mol. The smallest absolute Gasteiger partial charge is 0.253 e. The van der Waals surface area contributed by atoms with Crippen LogP contribution in [0.2, 0.25) is 0 Å². The molecule has 0 aliphatic carbocycles. The van der Waals surface area contributed by atoms with Crippen LogP contribution < -0.4 is 5.32 Å². The number of carbonyl (C=O) groups excluding carboxylic acids is 2. The minimum Gasteiger partial charge on any atom is -0.356 e. The van der Waals surface area contributed by atoms with Gasteiger partial charge in [-0.3, -0.25) is 14.6 Å². The number of pyridine rings is 1. The largest absolute Gasteiger partial charge is 0.356 e. The number of nitrogens with one attached hydrogen (secondary N) is 1. The normalized spacial score (nSPS) is 18.2. The Kier molecular flexibility index (Phi) is 6.64. The number of aromatic nitrogens is 1. The molecule has 0 spiro atoms. The summed E-state index contributed by atoms with van der Waals surface area (Å²) in [6.45, 7) is 3.62. The van der Waals surface area contributed by atoms with Crippen molar-refractivity contribution in [3.05, 3.63) is 90.3 Å². The van der Waals surface area contributed by atoms with Crippen LogP contribution in [0.5, 0.6) is 0 Å². The number of carbonyl (C=O) groups is 2. The highest BCUT2D eigenvalue weighted by Gasteiger charge is 2.43. The second-order valence-electron chi connectivity index (χ2n) is 8.45. The number of likely N-dealkylation sites (tertiary alicyclic amines) is 1. The Labute approximate surface area is 189 Å². The molecule has 1 fully saturated rings. The van der Waals surface area contributed by atoms with Gasteiger partial charge in [0.15, 0.2) is 0 Å². The summed E-state index contributed by atoms with van der Waals surface area (Å²) < 4.78 is 0. The fourth-order valence-electron chi connectivity index (χ4n) is 4.58. The zero-order valence-corrected chi connectivity index (χ0v) is 18.5. The van der Waals surface area contributed by atoms with Gasteiger partial charge in [0.05, 0.1) is 5.41 Å². The molecule has 1 aliphatic rings. The molecule has 0 radical (unpaired) electrons. The van der Waals surface area contributed by atoms with E-state index in [2.05, 4.69) is 34.6 Å². The molecule has 0 saturated carbocycles. The van der Waals surface area contributed by atoms with Crippen molar-refractivity contribution in [2.24, 2.45) is 5.41 Å². The Morgan fingerprint density at radius 2 is 1.66 bits per heavy atom. The highest BCUT2D eigenvalue weighted by atomic mass is 16.2. The molecule has 1 aliphatic heterocycles. The number of amides is 2. The number of hydrogen-bond donors (Lipinski definition) is 1. The van der Waals surface area contributed by atoms with Crippen molar-refractivity contribution in [3.8, 4) is 11.1 Å². The van der Waals surface area contributed by atoms with Crippen molar-refractivity contribution < 1.29 is 9.59 Å². The summed E-state index contributed by atoms with van der Waals surface area (Å²) in [5, 5.41) is 3.03. The molecule has 2 aromatic carbocycles. The Balaban J connectivity index is 1.57. The molecule has 4 rings (SSSR count). The van der Waals surface area contributed by atoms with E-state index in [0.29, 0.717) is 31.6 Å². The van der Waals surface area contributed by atoms with Crippen molar-refractivity contribution in [2.45, 2.75) is 26.2 Å². The van der Waals surface area contributed by atoms with E-state index in [1.807, 2.05) is 54.3 Å². The van der Waals surface area contributed by atoms with E-state index in [0.717, 1.165) is 29.5 Å². The van der Waals surface area contributed by atoms with E-state index in [1.54, 1.807) is 12.4 Å². The highest BCUT2D eigenvalue weighted by Crippen LogP contribution is 2.35. The maximum atomic E-state index is 13.3. The molecule has 1 saturated heterocycles. The second kappa shape index (κ2) is 9.77. The van der Waals surface area contributed by atoms with Crippen molar-refractivity contribution in [2.75, 3.05) is 19.6 Å². The lowest BCUT2D eigenvalue weighted by Gasteiger charge is -2.42. The van der Waals surface area contributed by atoms with E-state index in [-0.39, 0.29) is 11.8 Å². The first-order chi connectivity index (χ1) is 15.6. The van der Waals surface area contributed by atoms with Gasteiger partial charge >= 0.3 is 0 Å². The first-order valence-corrected chi connectivity index (χ1v) is 11.2. The van der Waals surface area contributed by atoms with Crippen LogP contribution in [0.25, 0.3) is 11.1 Å². The van der Waals surface area contributed by atoms with Gasteiger partial charge < -0.3 is 10.2 Å². The molecule has 0 unspecified atom stereocenters. The Hall–Kier alpha value is -3.47. The van der Waals surface area contributed by atoms with Gasteiger partial charge in [-0.25, -0.2) is 0 Å². The van der Waals surface area contributed by atoms with Crippen molar-refractivity contribution in [1.29, 1.82) is 0 Å². The predicted molar refractivity (Wildman–Crippen MR) is 126 cm³/mol. The van der Waals surface area contributed by atoms with Crippen molar-refractivity contribution in [3.63, 3.8) is 0 Å². The fourth-order valence-corrected chi connectivity index (χ4v) is 4.58. The first-order valence-electron chi connectivity index (χ1n) is 11.2. The predicted octanol–water partition coefficient (Wildman–Crippen LogP) is 4.35. The Morgan fingerprint density at radius 3 is 2.34 bits per heavy atom. The van der Waals surface area contributed by atoms with E-state index in [4.69, 9.17) is 0 Å². The molecule has 1 aromatic heterocycles. The number of nitrogens with zero attached hydrogens (tertiary/aromatic N) is 2. The zero-order valence-electron chi connectivity index (χ0n) is 18.5. The molecule has 5 heteroatoms. The van der Waals surface area contributed by atoms with Gasteiger partial charge in [0.25, 0.3) is 5.91 Å². The second-order valence-corrected chi connectivity index (χ2v) is 8.45. The van der Waals surface area contributed by atoms with Gasteiger partial charge in [-0.1, -0.05) is 42.5 Å². The van der Waals surface area contributed by atoms with E-state index >= 15 is 0 Å². The number of rotatable bonds is 6. The van der Waals surface area contributed by atoms with Gasteiger partial charge in [-0.15, -0.1) is 0 Å². The molecule has 3 aromatic rings. The maximum Gasteiger partial charge on any atom is 0.253 e. The Morgan fingerprint density at radius 1 is 0.969 bits per heavy atom.